The van der Waals surface area contributed by atoms with Gasteiger partial charge in [0.15, 0.2) is 5.82 Å². The summed E-state index contributed by atoms with van der Waals surface area (Å²) >= 11 is 3.25. The monoisotopic (exact) mass is 795 g/mol. The molecule has 0 radical (unpaired) electrons. The summed E-state index contributed by atoms with van der Waals surface area (Å²) in [6.45, 7) is 6.28. The lowest BCUT2D eigenvalue weighted by Gasteiger charge is -2.36. The first-order chi connectivity index (χ1) is 23.9. The number of nitrogens with zero attached hydrogens (tertiary/aromatic N) is 2. The van der Waals surface area contributed by atoms with Crippen molar-refractivity contribution in [3.05, 3.63) is 80.6 Å². The molecule has 16 nitrogen and oxygen atoms in total. The van der Waals surface area contributed by atoms with Crippen molar-refractivity contribution in [2.24, 2.45) is 0 Å². The maximum atomic E-state index is 14.8. The van der Waals surface area contributed by atoms with Crippen molar-refractivity contribution in [2.45, 2.75) is 50.3 Å². The number of morpholine rings is 1. The van der Waals surface area contributed by atoms with E-state index in [0.29, 0.717) is 30.6 Å². The van der Waals surface area contributed by atoms with Gasteiger partial charge >= 0.3 is 12.1 Å². The number of rotatable bonds is 13. The van der Waals surface area contributed by atoms with Crippen molar-refractivity contribution >= 4 is 61.0 Å². The van der Waals surface area contributed by atoms with Crippen molar-refractivity contribution in [1.82, 2.24) is 9.62 Å². The van der Waals surface area contributed by atoms with E-state index in [1.807, 2.05) is 9.62 Å². The van der Waals surface area contributed by atoms with Crippen molar-refractivity contribution in [3.63, 3.8) is 0 Å². The number of hydrogen-bond acceptors (Lipinski definition) is 12. The van der Waals surface area contributed by atoms with Crippen LogP contribution >= 0.6 is 15.9 Å². The van der Waals surface area contributed by atoms with Crippen molar-refractivity contribution in [1.29, 1.82) is 0 Å². The van der Waals surface area contributed by atoms with Crippen molar-refractivity contribution < 1.29 is 51.4 Å². The highest BCUT2D eigenvalue weighted by Crippen LogP contribution is 2.32. The second kappa shape index (κ2) is 16.4. The maximum absolute atomic E-state index is 14.8. The average Bonchev–Trinajstić information content (AvgIpc) is 3.02. The van der Waals surface area contributed by atoms with E-state index in [1.165, 1.54) is 36.4 Å². The van der Waals surface area contributed by atoms with E-state index in [0.717, 1.165) is 18.2 Å². The lowest BCUT2D eigenvalue weighted by atomic mass is 10.2. The number of halogens is 2. The Morgan fingerprint density at radius 2 is 1.84 bits per heavy atom. The number of carboxylic acids is 1. The largest absolute Gasteiger partial charge is 0.481 e. The molecule has 19 heteroatoms. The third-order valence-corrected chi connectivity index (χ3v) is 8.91. The number of nitrogens with one attached hydrogen (secondary N) is 3. The Hall–Kier alpha value is -4.85. The Balaban J connectivity index is 1.51. The molecule has 0 aliphatic carbocycles. The zero-order valence-electron chi connectivity index (χ0n) is 27.6. The molecule has 1 aliphatic rings. The Labute approximate surface area is 300 Å². The average molecular weight is 797 g/mol. The number of carboxylic acid groups (broad SMARTS) is 1. The molecule has 0 spiro atoms. The number of amides is 2. The molecule has 1 fully saturated rings. The van der Waals surface area contributed by atoms with Gasteiger partial charge in [0, 0.05) is 36.1 Å². The number of carbonyl (C=O) groups excluding carboxylic acids is 2. The topological polar surface area (TPSA) is 216 Å². The highest BCUT2D eigenvalue weighted by molar-refractivity contribution is 9.10. The van der Waals surface area contributed by atoms with Crippen LogP contribution in [0.25, 0.3) is 0 Å². The fourth-order valence-corrected chi connectivity index (χ4v) is 6.13. The molecule has 1 aliphatic heterocycles. The van der Waals surface area contributed by atoms with Gasteiger partial charge in [0.05, 0.1) is 34.3 Å². The quantitative estimate of drug-likeness (QED) is 0.121. The smallest absolute Gasteiger partial charge is 0.412 e. The summed E-state index contributed by atoms with van der Waals surface area (Å²) in [5.41, 5.74) is -1.91. The van der Waals surface area contributed by atoms with Crippen molar-refractivity contribution in [3.8, 4) is 11.5 Å². The summed E-state index contributed by atoms with van der Waals surface area (Å²) in [7, 11) is -4.68. The van der Waals surface area contributed by atoms with Crippen LogP contribution in [0, 0.1) is 15.9 Å². The minimum atomic E-state index is -4.68. The predicted molar refractivity (Wildman–Crippen MR) is 185 cm³/mol. The number of anilines is 2. The van der Waals surface area contributed by atoms with E-state index in [1.54, 1.807) is 20.8 Å². The molecule has 1 atom stereocenters. The third-order valence-electron chi connectivity index (χ3n) is 7.09. The highest BCUT2D eigenvalue weighted by atomic mass is 79.9. The molecule has 1 heterocycles. The molecular formula is C32H35BrFN5O11S. The second-order valence-corrected chi connectivity index (χ2v) is 14.7. The number of carbonyl (C=O) groups is 3. The molecule has 3 aromatic rings. The van der Waals surface area contributed by atoms with Gasteiger partial charge in [-0.2, -0.15) is 0 Å². The summed E-state index contributed by atoms with van der Waals surface area (Å²) in [5, 5.41) is 26.2. The summed E-state index contributed by atoms with van der Waals surface area (Å²) in [5.74, 6) is -3.25. The summed E-state index contributed by atoms with van der Waals surface area (Å²) in [4.78, 5) is 48.8. The zero-order valence-corrected chi connectivity index (χ0v) is 30.0. The molecule has 4 N–H and O–H groups in total. The normalized spacial score (nSPS) is 15.0. The van der Waals surface area contributed by atoms with Gasteiger partial charge in [0.2, 0.25) is 0 Å². The van der Waals surface area contributed by atoms with Crippen LogP contribution in [0.15, 0.2) is 64.0 Å². The van der Waals surface area contributed by atoms with Crippen LogP contribution in [0.3, 0.4) is 0 Å². The third kappa shape index (κ3) is 11.1. The van der Waals surface area contributed by atoms with E-state index in [9.17, 15) is 37.3 Å². The highest BCUT2D eigenvalue weighted by Gasteiger charge is 2.29. The van der Waals surface area contributed by atoms with Gasteiger partial charge in [-0.25, -0.2) is 22.3 Å². The maximum Gasteiger partial charge on any atom is 0.412 e. The number of benzene rings is 3. The molecule has 4 rings (SSSR count). The Bertz CT molecular complexity index is 1920. The molecule has 0 saturated carbocycles. The Morgan fingerprint density at radius 1 is 1.12 bits per heavy atom. The van der Waals surface area contributed by atoms with E-state index in [2.05, 4.69) is 26.6 Å². The molecule has 0 bridgehead atoms. The molecule has 0 aromatic heterocycles. The number of sulfonamides is 1. The van der Waals surface area contributed by atoms with Gasteiger partial charge in [-0.05, 0) is 69.7 Å². The molecule has 1 saturated heterocycles. The summed E-state index contributed by atoms with van der Waals surface area (Å²) < 4.78 is 60.1. The SMILES string of the molecule is CC(C)(C)OC(=O)Nc1ccc(Oc2cc(Br)ccc2C(=O)NS(=O)(=O)c2ccc(N[C@@H]3COCCN3CCCC(=O)O)c([N+](=O)[O-])c2)cc1F. The van der Waals surface area contributed by atoms with E-state index in [-0.39, 0.29) is 41.5 Å². The summed E-state index contributed by atoms with van der Waals surface area (Å²) in [6.07, 6.45) is -1.16. The Kier molecular flexibility index (Phi) is 12.6. The van der Waals surface area contributed by atoms with Gasteiger partial charge < -0.3 is 24.6 Å². The van der Waals surface area contributed by atoms with Crippen LogP contribution in [-0.2, 0) is 24.3 Å². The lowest BCUT2D eigenvalue weighted by Crippen LogP contribution is -2.50. The first-order valence-electron chi connectivity index (χ1n) is 15.3. The van der Waals surface area contributed by atoms with Gasteiger partial charge in [-0.1, -0.05) is 15.9 Å². The molecule has 2 amide bonds. The van der Waals surface area contributed by atoms with Crippen LogP contribution in [0.1, 0.15) is 44.0 Å². The fraction of sp³-hybridized carbons (Fsp3) is 0.344. The first kappa shape index (κ1) is 38.9. The number of nitro groups is 1. The number of ether oxygens (including phenoxy) is 3. The van der Waals surface area contributed by atoms with E-state index in [4.69, 9.17) is 19.3 Å². The number of nitro benzene ring substituents is 1. The van der Waals surface area contributed by atoms with Gasteiger partial charge in [-0.3, -0.25) is 29.9 Å². The van der Waals surface area contributed by atoms with Crippen LogP contribution in [-0.4, -0.2) is 79.4 Å². The zero-order chi connectivity index (χ0) is 37.5. The second-order valence-electron chi connectivity index (χ2n) is 12.2. The van der Waals surface area contributed by atoms with Crippen molar-refractivity contribution in [2.75, 3.05) is 36.9 Å². The lowest BCUT2D eigenvalue weighted by molar-refractivity contribution is -0.384. The Morgan fingerprint density at radius 3 is 2.51 bits per heavy atom. The molecule has 51 heavy (non-hydrogen) atoms. The molecule has 3 aromatic carbocycles. The van der Waals surface area contributed by atoms with Crippen LogP contribution in [0.4, 0.5) is 26.2 Å². The predicted octanol–water partition coefficient (Wildman–Crippen LogP) is 5.69. The molecule has 274 valence electrons. The van der Waals surface area contributed by atoms with E-state index >= 15 is 0 Å². The standard InChI is InChI=1S/C32H35BrFN5O11S/c1-32(2,3)50-31(43)36-24-10-7-20(16-23(24)34)49-27-15-19(33)6-9-22(27)30(42)37-51(46,47)21-8-11-25(26(17-21)39(44)45)35-28-18-48-14-13-38(28)12-4-5-29(40)41/h6-11,15-17,28,35H,4-5,12-14,18H2,1-3H3,(H,36,43)(H,37,42)(H,40,41)/t28-/m0/s1. The van der Waals surface area contributed by atoms with E-state index < -0.39 is 61.1 Å². The van der Waals surface area contributed by atoms with Crippen LogP contribution in [0.5, 0.6) is 11.5 Å². The first-order valence-corrected chi connectivity index (χ1v) is 17.6. The minimum Gasteiger partial charge on any atom is -0.481 e. The van der Waals surface area contributed by atoms with Gasteiger partial charge in [-0.15, -0.1) is 0 Å². The molecular weight excluding hydrogens is 761 g/mol. The number of aliphatic carboxylic acids is 1. The minimum absolute atomic E-state index is 0.0212. The van der Waals surface area contributed by atoms with Gasteiger partial charge in [0.1, 0.15) is 29.0 Å². The van der Waals surface area contributed by atoms with Gasteiger partial charge in [0.25, 0.3) is 21.6 Å². The summed E-state index contributed by atoms with van der Waals surface area (Å²) in [6, 6.07) is 10.6. The van der Waals surface area contributed by atoms with Crippen LogP contribution in [0.2, 0.25) is 0 Å². The molecule has 0 unspecified atom stereocenters. The fourth-order valence-electron chi connectivity index (χ4n) is 4.81. The number of hydrogen-bond donors (Lipinski definition) is 4. The van der Waals surface area contributed by atoms with Crippen LogP contribution < -0.4 is 20.1 Å².